The summed E-state index contributed by atoms with van der Waals surface area (Å²) in [7, 11) is -0.281. The predicted octanol–water partition coefficient (Wildman–Crippen LogP) is 3.63. The van der Waals surface area contributed by atoms with Gasteiger partial charge in [-0.25, -0.2) is 12.7 Å². The van der Waals surface area contributed by atoms with Crippen LogP contribution in [-0.4, -0.2) is 50.8 Å². The lowest BCUT2D eigenvalue weighted by molar-refractivity contribution is 0.272. The van der Waals surface area contributed by atoms with Gasteiger partial charge in [0.05, 0.1) is 4.90 Å². The van der Waals surface area contributed by atoms with Gasteiger partial charge in [-0.2, -0.15) is 0 Å². The monoisotopic (exact) mass is 372 g/mol. The zero-order chi connectivity index (χ0) is 18.7. The molecule has 2 aromatic carbocycles. The highest BCUT2D eigenvalue weighted by Crippen LogP contribution is 2.23. The topological polar surface area (TPSA) is 40.6 Å². The molecule has 4 nitrogen and oxygen atoms in total. The van der Waals surface area contributed by atoms with Crippen LogP contribution in [0, 0.1) is 0 Å². The highest BCUT2D eigenvalue weighted by atomic mass is 32.2. The first-order valence-electron chi connectivity index (χ1n) is 9.24. The molecule has 0 unspecified atom stereocenters. The van der Waals surface area contributed by atoms with Gasteiger partial charge in [-0.1, -0.05) is 36.4 Å². The molecule has 1 aliphatic rings. The van der Waals surface area contributed by atoms with Crippen LogP contribution in [0.4, 0.5) is 0 Å². The SMILES string of the molecule is C[C@@H]1CCCN1CCc1ccc(-c2ccc(S(=O)(=O)N(C)C)cc2)cc1. The van der Waals surface area contributed by atoms with Crippen LogP contribution in [0.15, 0.2) is 53.4 Å². The third-order valence-electron chi connectivity index (χ3n) is 5.30. The zero-order valence-electron chi connectivity index (χ0n) is 15.9. The first kappa shape index (κ1) is 19.1. The quantitative estimate of drug-likeness (QED) is 0.777. The second-order valence-electron chi connectivity index (χ2n) is 7.29. The lowest BCUT2D eigenvalue weighted by Gasteiger charge is -2.20. The van der Waals surface area contributed by atoms with Crippen molar-refractivity contribution in [2.45, 2.75) is 37.1 Å². The third-order valence-corrected chi connectivity index (χ3v) is 7.13. The van der Waals surface area contributed by atoms with Crippen molar-refractivity contribution in [3.63, 3.8) is 0 Å². The van der Waals surface area contributed by atoms with Crippen molar-refractivity contribution >= 4 is 10.0 Å². The molecule has 0 spiro atoms. The van der Waals surface area contributed by atoms with Crippen LogP contribution in [0.3, 0.4) is 0 Å². The average Bonchev–Trinajstić information content (AvgIpc) is 3.05. The van der Waals surface area contributed by atoms with E-state index in [2.05, 4.69) is 36.1 Å². The van der Waals surface area contributed by atoms with E-state index in [0.29, 0.717) is 10.9 Å². The third kappa shape index (κ3) is 4.17. The minimum atomic E-state index is -3.37. The largest absolute Gasteiger partial charge is 0.300 e. The summed E-state index contributed by atoms with van der Waals surface area (Å²) in [5, 5.41) is 0. The fourth-order valence-electron chi connectivity index (χ4n) is 3.49. The molecule has 26 heavy (non-hydrogen) atoms. The number of hydrogen-bond donors (Lipinski definition) is 0. The second kappa shape index (κ2) is 7.91. The van der Waals surface area contributed by atoms with Crippen molar-refractivity contribution < 1.29 is 8.42 Å². The molecule has 0 aromatic heterocycles. The Morgan fingerprint density at radius 2 is 1.58 bits per heavy atom. The minimum Gasteiger partial charge on any atom is -0.300 e. The van der Waals surface area contributed by atoms with Gasteiger partial charge in [0.15, 0.2) is 0 Å². The van der Waals surface area contributed by atoms with Crippen molar-refractivity contribution in [2.75, 3.05) is 27.2 Å². The highest BCUT2D eigenvalue weighted by molar-refractivity contribution is 7.89. The van der Waals surface area contributed by atoms with E-state index in [-0.39, 0.29) is 0 Å². The van der Waals surface area contributed by atoms with Crippen LogP contribution >= 0.6 is 0 Å². The van der Waals surface area contributed by atoms with E-state index in [4.69, 9.17) is 0 Å². The van der Waals surface area contributed by atoms with E-state index in [0.717, 1.165) is 24.1 Å². The number of sulfonamides is 1. The van der Waals surface area contributed by atoms with Gasteiger partial charge >= 0.3 is 0 Å². The summed E-state index contributed by atoms with van der Waals surface area (Å²) in [4.78, 5) is 2.89. The fourth-order valence-corrected chi connectivity index (χ4v) is 4.39. The van der Waals surface area contributed by atoms with Gasteiger partial charge < -0.3 is 4.90 Å². The maximum atomic E-state index is 12.2. The molecule has 0 radical (unpaired) electrons. The Labute approximate surface area is 157 Å². The molecule has 1 heterocycles. The smallest absolute Gasteiger partial charge is 0.242 e. The summed E-state index contributed by atoms with van der Waals surface area (Å²) in [6.07, 6.45) is 3.71. The van der Waals surface area contributed by atoms with Crippen LogP contribution in [-0.2, 0) is 16.4 Å². The van der Waals surface area contributed by atoms with Crippen molar-refractivity contribution in [1.82, 2.24) is 9.21 Å². The first-order chi connectivity index (χ1) is 12.4. The molecule has 0 aliphatic carbocycles. The normalized spacial score (nSPS) is 18.5. The molecular weight excluding hydrogens is 344 g/mol. The molecule has 1 saturated heterocycles. The van der Waals surface area contributed by atoms with Gasteiger partial charge in [-0.05, 0) is 61.6 Å². The number of rotatable bonds is 6. The van der Waals surface area contributed by atoms with Crippen molar-refractivity contribution in [3.8, 4) is 11.1 Å². The molecule has 0 N–H and O–H groups in total. The van der Waals surface area contributed by atoms with E-state index >= 15 is 0 Å². The van der Waals surface area contributed by atoms with E-state index in [1.165, 1.54) is 29.3 Å². The molecule has 3 rings (SSSR count). The molecule has 1 aliphatic heterocycles. The van der Waals surface area contributed by atoms with Crippen molar-refractivity contribution in [3.05, 3.63) is 54.1 Å². The van der Waals surface area contributed by atoms with Crippen molar-refractivity contribution in [2.24, 2.45) is 0 Å². The zero-order valence-corrected chi connectivity index (χ0v) is 16.7. The second-order valence-corrected chi connectivity index (χ2v) is 9.44. The molecule has 5 heteroatoms. The average molecular weight is 373 g/mol. The summed E-state index contributed by atoms with van der Waals surface area (Å²) in [5.74, 6) is 0. The predicted molar refractivity (Wildman–Crippen MR) is 107 cm³/mol. The number of likely N-dealkylation sites (tertiary alicyclic amines) is 1. The number of nitrogens with zero attached hydrogens (tertiary/aromatic N) is 2. The van der Waals surface area contributed by atoms with Gasteiger partial charge in [-0.3, -0.25) is 0 Å². The molecule has 1 atom stereocenters. The molecule has 0 saturated carbocycles. The number of benzene rings is 2. The van der Waals surface area contributed by atoms with E-state index in [1.807, 2.05) is 12.1 Å². The van der Waals surface area contributed by atoms with Gasteiger partial charge in [0.1, 0.15) is 0 Å². The van der Waals surface area contributed by atoms with Gasteiger partial charge in [0.25, 0.3) is 0 Å². The molecule has 0 bridgehead atoms. The standard InChI is InChI=1S/C21H28N2O2S/c1-17-5-4-15-23(17)16-14-18-6-8-19(9-7-18)20-10-12-21(13-11-20)26(24,25)22(2)3/h6-13,17H,4-5,14-16H2,1-3H3/t17-/m1/s1. The summed E-state index contributed by atoms with van der Waals surface area (Å²) < 4.78 is 25.5. The van der Waals surface area contributed by atoms with Crippen LogP contribution in [0.2, 0.25) is 0 Å². The van der Waals surface area contributed by atoms with Crippen LogP contribution in [0.1, 0.15) is 25.3 Å². The highest BCUT2D eigenvalue weighted by Gasteiger charge is 2.19. The van der Waals surface area contributed by atoms with Gasteiger partial charge in [0, 0.05) is 26.7 Å². The first-order valence-corrected chi connectivity index (χ1v) is 10.7. The molecule has 2 aromatic rings. The van der Waals surface area contributed by atoms with Crippen LogP contribution in [0.5, 0.6) is 0 Å². The van der Waals surface area contributed by atoms with E-state index in [9.17, 15) is 8.42 Å². The van der Waals surface area contributed by atoms with Crippen LogP contribution < -0.4 is 0 Å². The van der Waals surface area contributed by atoms with Gasteiger partial charge in [0.2, 0.25) is 10.0 Å². The Balaban J connectivity index is 1.66. The lowest BCUT2D eigenvalue weighted by atomic mass is 10.0. The summed E-state index contributed by atoms with van der Waals surface area (Å²) in [5.41, 5.74) is 3.49. The Kier molecular flexibility index (Phi) is 5.80. The van der Waals surface area contributed by atoms with E-state index < -0.39 is 10.0 Å². The van der Waals surface area contributed by atoms with E-state index in [1.54, 1.807) is 26.2 Å². The lowest BCUT2D eigenvalue weighted by Crippen LogP contribution is -2.28. The molecular formula is C21H28N2O2S. The maximum Gasteiger partial charge on any atom is 0.242 e. The Morgan fingerprint density at radius 1 is 1.00 bits per heavy atom. The van der Waals surface area contributed by atoms with Crippen molar-refractivity contribution in [1.29, 1.82) is 0 Å². The Hall–Kier alpha value is -1.69. The van der Waals surface area contributed by atoms with Crippen LogP contribution in [0.25, 0.3) is 11.1 Å². The van der Waals surface area contributed by atoms with Gasteiger partial charge in [-0.15, -0.1) is 0 Å². The summed E-state index contributed by atoms with van der Waals surface area (Å²) >= 11 is 0. The minimum absolute atomic E-state index is 0.322. The molecule has 1 fully saturated rings. The summed E-state index contributed by atoms with van der Waals surface area (Å²) in [6.45, 7) is 4.66. The number of hydrogen-bond acceptors (Lipinski definition) is 3. The molecule has 0 amide bonds. The Morgan fingerprint density at radius 3 is 2.08 bits per heavy atom. The fraction of sp³-hybridized carbons (Fsp3) is 0.429. The molecule has 140 valence electrons. The maximum absolute atomic E-state index is 12.2. The summed E-state index contributed by atoms with van der Waals surface area (Å²) in [6, 6.07) is 16.4. The Bertz CT molecular complexity index is 827.